The Bertz CT molecular complexity index is 273. The minimum Gasteiger partial charge on any atom is -0.756 e. The number of phosphoric acid groups is 1. The maximum absolute atomic E-state index is 11.0. The second kappa shape index (κ2) is 9.62. The van der Waals surface area contributed by atoms with Crippen LogP contribution < -0.4 is 15.7 Å². The van der Waals surface area contributed by atoms with Gasteiger partial charge in [-0.1, -0.05) is 0 Å². The Morgan fingerprint density at radius 3 is 2.24 bits per heavy atom. The van der Waals surface area contributed by atoms with Gasteiger partial charge >= 0.3 is 37.7 Å². The third-order valence-corrected chi connectivity index (χ3v) is 2.42. The Kier molecular flexibility index (Phi) is 11.3. The van der Waals surface area contributed by atoms with E-state index in [1.54, 1.807) is 0 Å². The van der Waals surface area contributed by atoms with Gasteiger partial charge in [0.1, 0.15) is 6.10 Å². The zero-order valence-electron chi connectivity index (χ0n) is 8.85. The average molecular weight is 297 g/mol. The van der Waals surface area contributed by atoms with Gasteiger partial charge in [-0.2, -0.15) is 0 Å². The maximum Gasteiger partial charge on any atom is 2.00 e. The van der Waals surface area contributed by atoms with Crippen LogP contribution in [-0.2, 0) is 18.4 Å². The molecule has 9 nitrogen and oxygen atoms in total. The van der Waals surface area contributed by atoms with Crippen molar-refractivity contribution in [2.45, 2.75) is 12.1 Å². The second-order valence-electron chi connectivity index (χ2n) is 2.76. The first-order chi connectivity index (χ1) is 7.32. The van der Waals surface area contributed by atoms with Crippen LogP contribution in [0.3, 0.4) is 0 Å². The largest absolute Gasteiger partial charge is 2.00 e. The molecular weight excluding hydrogens is 285 g/mol. The van der Waals surface area contributed by atoms with Crippen LogP contribution in [0.1, 0.15) is 0 Å². The summed E-state index contributed by atoms with van der Waals surface area (Å²) in [6, 6.07) is -1.62. The Morgan fingerprint density at radius 2 is 1.88 bits per heavy atom. The van der Waals surface area contributed by atoms with E-state index in [9.17, 15) is 19.4 Å². The van der Waals surface area contributed by atoms with E-state index in [1.807, 2.05) is 0 Å². The molecule has 0 aliphatic heterocycles. The molecule has 0 amide bonds. The van der Waals surface area contributed by atoms with Crippen molar-refractivity contribution in [3.8, 4) is 0 Å². The van der Waals surface area contributed by atoms with E-state index >= 15 is 0 Å². The zero-order valence-corrected chi connectivity index (χ0v) is 12.0. The number of carbonyl (C=O) groups excluding carboxylic acids is 1. The van der Waals surface area contributed by atoms with Crippen LogP contribution in [0.4, 0.5) is 0 Å². The molecule has 96 valence electrons. The number of carboxylic acid groups (broad SMARTS) is 1. The van der Waals surface area contributed by atoms with Crippen LogP contribution in [0.5, 0.6) is 0 Å². The Morgan fingerprint density at radius 1 is 1.41 bits per heavy atom. The van der Waals surface area contributed by atoms with Crippen molar-refractivity contribution in [3.63, 3.8) is 0 Å². The summed E-state index contributed by atoms with van der Waals surface area (Å²) >= 11 is 0. The molecule has 17 heavy (non-hydrogen) atoms. The van der Waals surface area contributed by atoms with E-state index in [0.29, 0.717) is 0 Å². The van der Waals surface area contributed by atoms with Gasteiger partial charge in [0.15, 0.2) is 0 Å². The number of hydrogen-bond donors (Lipinski definition) is 3. The molecule has 0 bridgehead atoms. The topological polar surface area (TPSA) is 165 Å². The van der Waals surface area contributed by atoms with Crippen molar-refractivity contribution in [1.82, 2.24) is 0 Å². The summed E-state index contributed by atoms with van der Waals surface area (Å²) in [5.41, 5.74) is 4.92. The Balaban J connectivity index is 0. The first-order valence-corrected chi connectivity index (χ1v) is 5.60. The number of carboxylic acids is 1. The van der Waals surface area contributed by atoms with Crippen LogP contribution in [-0.4, -0.2) is 85.9 Å². The molecule has 2 atom stereocenters. The molecule has 0 aliphatic carbocycles. The first-order valence-electron chi connectivity index (χ1n) is 4.14. The second-order valence-corrected chi connectivity index (χ2v) is 4.12. The van der Waals surface area contributed by atoms with Gasteiger partial charge in [0.2, 0.25) is 0 Å². The number of phosphoric ester groups is 1. The van der Waals surface area contributed by atoms with Gasteiger partial charge in [-0.3, -0.25) is 4.57 Å². The van der Waals surface area contributed by atoms with Crippen molar-refractivity contribution < 1.29 is 38.6 Å². The van der Waals surface area contributed by atoms with Gasteiger partial charge in [0, 0.05) is 0 Å². The fourth-order valence-electron chi connectivity index (χ4n) is 0.577. The van der Waals surface area contributed by atoms with Crippen LogP contribution in [0.2, 0.25) is 0 Å². The smallest absolute Gasteiger partial charge is 0.756 e. The quantitative estimate of drug-likeness (QED) is 0.296. The maximum atomic E-state index is 11.0. The van der Waals surface area contributed by atoms with Gasteiger partial charge in [-0.25, -0.2) is 0 Å². The van der Waals surface area contributed by atoms with Gasteiger partial charge in [0.05, 0.1) is 31.8 Å². The predicted molar refractivity (Wildman–Crippen MR) is 51.3 cm³/mol. The number of aliphatic hydroxyl groups is 2. The number of hydrogen-bond acceptors (Lipinski definition) is 9. The number of aliphatic carboxylic acids is 1. The van der Waals surface area contributed by atoms with Crippen molar-refractivity contribution in [3.05, 3.63) is 0 Å². The van der Waals surface area contributed by atoms with Crippen molar-refractivity contribution in [2.75, 3.05) is 19.8 Å². The fraction of sp³-hybridized carbons (Fsp3) is 0.833. The van der Waals surface area contributed by atoms with Crippen LogP contribution >= 0.6 is 7.82 Å². The van der Waals surface area contributed by atoms with Crippen LogP contribution in [0.25, 0.3) is 0 Å². The predicted octanol–water partition coefficient (Wildman–Crippen LogP) is -4.46. The summed E-state index contributed by atoms with van der Waals surface area (Å²) < 4.78 is 19.2. The average Bonchev–Trinajstić information content (AvgIpc) is 2.22. The molecule has 0 spiro atoms. The van der Waals surface area contributed by atoms with E-state index < -0.39 is 45.8 Å². The van der Waals surface area contributed by atoms with E-state index in [0.717, 1.165) is 0 Å². The molecule has 0 aliphatic rings. The molecule has 4 N–H and O–H groups in total. The summed E-state index contributed by atoms with van der Waals surface area (Å²) in [6.07, 6.45) is -1.36. The molecule has 0 aromatic rings. The third kappa shape index (κ3) is 9.32. The van der Waals surface area contributed by atoms with E-state index in [1.165, 1.54) is 0 Å². The van der Waals surface area contributed by atoms with Gasteiger partial charge < -0.3 is 39.8 Å². The van der Waals surface area contributed by atoms with Gasteiger partial charge in [-0.15, -0.1) is 0 Å². The molecule has 0 fully saturated rings. The molecule has 0 saturated heterocycles. The minimum atomic E-state index is -4.82. The third-order valence-electron chi connectivity index (χ3n) is 1.40. The number of rotatable bonds is 8. The summed E-state index contributed by atoms with van der Waals surface area (Å²) in [5, 5.41) is 27.2. The number of aliphatic hydroxyl groups excluding tert-OH is 2. The molecule has 2 unspecified atom stereocenters. The zero-order chi connectivity index (χ0) is 12.8. The first kappa shape index (κ1) is 20.0. The molecule has 0 heterocycles. The number of carbonyl (C=O) groups is 1. The Hall–Kier alpha value is 0.720. The summed E-state index contributed by atoms with van der Waals surface area (Å²) in [7, 11) is -4.82. The molecule has 0 rings (SSSR count). The van der Waals surface area contributed by atoms with E-state index in [2.05, 4.69) is 9.05 Å². The molecule has 11 heteroatoms. The fourth-order valence-corrected chi connectivity index (χ4v) is 1.48. The number of nitrogens with two attached hydrogens (primary N) is 1. The monoisotopic (exact) mass is 297 g/mol. The minimum absolute atomic E-state index is 0. The SMILES string of the molecule is NC(COP(=O)([O-])OC(CO)CO)C(=O)[O-].[Ca+2]. The van der Waals surface area contributed by atoms with Crippen molar-refractivity contribution in [2.24, 2.45) is 5.73 Å². The van der Waals surface area contributed by atoms with E-state index in [4.69, 9.17) is 15.9 Å². The molecule has 0 aromatic heterocycles. The van der Waals surface area contributed by atoms with Crippen LogP contribution in [0.15, 0.2) is 0 Å². The van der Waals surface area contributed by atoms with Crippen molar-refractivity contribution in [1.29, 1.82) is 0 Å². The Labute approximate surface area is 127 Å². The van der Waals surface area contributed by atoms with E-state index in [-0.39, 0.29) is 37.7 Å². The van der Waals surface area contributed by atoms with Gasteiger partial charge in [-0.05, 0) is 0 Å². The molecular formula is C6H12CaNO8P. The molecule has 0 saturated carbocycles. The summed E-state index contributed by atoms with van der Waals surface area (Å²) in [5.74, 6) is -1.68. The van der Waals surface area contributed by atoms with Gasteiger partial charge in [0.25, 0.3) is 7.82 Å². The van der Waals surface area contributed by atoms with Crippen LogP contribution in [0, 0.1) is 0 Å². The van der Waals surface area contributed by atoms with Crippen molar-refractivity contribution >= 4 is 51.5 Å². The summed E-state index contributed by atoms with van der Waals surface area (Å²) in [4.78, 5) is 21.1. The summed E-state index contributed by atoms with van der Waals surface area (Å²) in [6.45, 7) is -2.33. The normalized spacial score (nSPS) is 16.1. The molecule has 0 radical (unpaired) electrons. The molecule has 0 aromatic carbocycles. The standard InChI is InChI=1S/C6H14NO8P.Ca/c7-5(6(10)11)3-14-16(12,13)15-4(1-8)2-9;/h4-5,8-9H,1-3,7H2,(H,10,11)(H,12,13);/q;+2/p-2.